The molecule has 1 atom stereocenters. The first-order chi connectivity index (χ1) is 25.3. The van der Waals surface area contributed by atoms with Gasteiger partial charge >= 0.3 is 0 Å². The van der Waals surface area contributed by atoms with Crippen molar-refractivity contribution in [1.29, 1.82) is 0 Å². The van der Waals surface area contributed by atoms with Crippen molar-refractivity contribution in [3.05, 3.63) is 168 Å². The molecule has 10 aromatic rings. The van der Waals surface area contributed by atoms with Crippen molar-refractivity contribution < 1.29 is 0 Å². The molecule has 6 heteroatoms. The predicted octanol–water partition coefficient (Wildman–Crippen LogP) is 11.3. The lowest BCUT2D eigenvalue weighted by Gasteiger charge is -2.18. The highest BCUT2D eigenvalue weighted by molar-refractivity contribution is 7.19. The third-order valence-electron chi connectivity index (χ3n) is 10.3. The molecule has 0 saturated carbocycles. The number of aromatic nitrogens is 5. The van der Waals surface area contributed by atoms with Gasteiger partial charge in [0.1, 0.15) is 5.82 Å². The Morgan fingerprint density at radius 1 is 0.549 bits per heavy atom. The van der Waals surface area contributed by atoms with Gasteiger partial charge in [-0.25, -0.2) is 4.98 Å². The summed E-state index contributed by atoms with van der Waals surface area (Å²) in [5, 5.41) is 6.11. The van der Waals surface area contributed by atoms with Gasteiger partial charge in [-0.15, -0.1) is 11.3 Å². The molecule has 0 fully saturated rings. The van der Waals surface area contributed by atoms with E-state index in [1.54, 1.807) is 0 Å². The lowest BCUT2D eigenvalue weighted by molar-refractivity contribution is 0.744. The van der Waals surface area contributed by atoms with Crippen molar-refractivity contribution in [2.24, 2.45) is 0 Å². The van der Waals surface area contributed by atoms with Crippen LogP contribution in [0.15, 0.2) is 152 Å². The molecule has 0 N–H and O–H groups in total. The molecule has 0 saturated heterocycles. The van der Waals surface area contributed by atoms with E-state index >= 15 is 0 Å². The fourth-order valence-electron chi connectivity index (χ4n) is 8.04. The van der Waals surface area contributed by atoms with E-state index in [-0.39, 0.29) is 5.92 Å². The summed E-state index contributed by atoms with van der Waals surface area (Å²) in [5.74, 6) is 2.11. The molecule has 0 amide bonds. The van der Waals surface area contributed by atoms with Gasteiger partial charge in [-0.05, 0) is 53.8 Å². The summed E-state index contributed by atoms with van der Waals surface area (Å²) in [6.07, 6.45) is 5.41. The summed E-state index contributed by atoms with van der Waals surface area (Å²) in [7, 11) is 0. The van der Waals surface area contributed by atoms with Gasteiger partial charge in [0.15, 0.2) is 5.82 Å². The third kappa shape index (κ3) is 4.30. The molecule has 1 unspecified atom stereocenters. The molecule has 11 rings (SSSR count). The average Bonchev–Trinajstić information content (AvgIpc) is 3.86. The molecule has 5 nitrogen and oxygen atoms in total. The Balaban J connectivity index is 1.19. The topological polar surface area (TPSA) is 48.5 Å². The Kier molecular flexibility index (Phi) is 6.18. The smallest absolute Gasteiger partial charge is 0.238 e. The van der Waals surface area contributed by atoms with Crippen LogP contribution in [0.4, 0.5) is 0 Å². The van der Waals surface area contributed by atoms with E-state index in [2.05, 4.69) is 149 Å². The second kappa shape index (κ2) is 11.1. The van der Waals surface area contributed by atoms with Crippen LogP contribution in [0.2, 0.25) is 0 Å². The molecule has 4 heterocycles. The molecule has 6 aromatic carbocycles. The van der Waals surface area contributed by atoms with Crippen LogP contribution in [0.5, 0.6) is 0 Å². The van der Waals surface area contributed by atoms with E-state index in [9.17, 15) is 0 Å². The van der Waals surface area contributed by atoms with E-state index in [1.807, 2.05) is 29.5 Å². The monoisotopic (exact) mass is 671 g/mol. The van der Waals surface area contributed by atoms with Gasteiger partial charge in [0.2, 0.25) is 5.95 Å². The highest BCUT2D eigenvalue weighted by atomic mass is 32.1. The Labute approximate surface area is 297 Å². The number of hydrogen-bond acceptors (Lipinski definition) is 4. The van der Waals surface area contributed by atoms with Gasteiger partial charge in [-0.1, -0.05) is 121 Å². The molecule has 1 aliphatic rings. The molecule has 1 aliphatic carbocycles. The van der Waals surface area contributed by atoms with Crippen LogP contribution in [-0.4, -0.2) is 24.1 Å². The van der Waals surface area contributed by atoms with Crippen LogP contribution in [0, 0.1) is 0 Å². The number of para-hydroxylation sites is 3. The van der Waals surface area contributed by atoms with Crippen LogP contribution in [0.1, 0.15) is 22.2 Å². The maximum absolute atomic E-state index is 5.34. The first-order valence-corrected chi connectivity index (χ1v) is 18.1. The number of benzene rings is 6. The summed E-state index contributed by atoms with van der Waals surface area (Å²) < 4.78 is 5.97. The highest BCUT2D eigenvalue weighted by Gasteiger charge is 2.26. The first kappa shape index (κ1) is 28.5. The summed E-state index contributed by atoms with van der Waals surface area (Å²) in [6, 6.07) is 51.5. The largest absolute Gasteiger partial charge is 0.309 e. The molecule has 0 spiro atoms. The second-order valence-electron chi connectivity index (χ2n) is 13.2. The van der Waals surface area contributed by atoms with E-state index in [4.69, 9.17) is 15.0 Å². The van der Waals surface area contributed by atoms with E-state index in [1.165, 1.54) is 47.7 Å². The number of rotatable bonds is 4. The maximum Gasteiger partial charge on any atom is 0.238 e. The van der Waals surface area contributed by atoms with E-state index in [0.29, 0.717) is 11.8 Å². The minimum absolute atomic E-state index is 0.0233. The van der Waals surface area contributed by atoms with Gasteiger partial charge in [0.05, 0.1) is 22.1 Å². The number of fused-ring (bicyclic) bond motifs is 10. The Morgan fingerprint density at radius 3 is 2.06 bits per heavy atom. The minimum atomic E-state index is 0.0233. The van der Waals surface area contributed by atoms with Crippen molar-refractivity contribution in [3.63, 3.8) is 0 Å². The zero-order valence-corrected chi connectivity index (χ0v) is 28.3. The van der Waals surface area contributed by atoms with Gasteiger partial charge in [0.25, 0.3) is 0 Å². The number of thiophene rings is 1. The van der Waals surface area contributed by atoms with Crippen molar-refractivity contribution in [1.82, 2.24) is 24.1 Å². The molecule has 0 bridgehead atoms. The van der Waals surface area contributed by atoms with Crippen LogP contribution in [0.25, 0.3) is 82.8 Å². The Morgan fingerprint density at radius 2 is 1.24 bits per heavy atom. The number of allylic oxidation sites excluding steroid dienone is 1. The maximum atomic E-state index is 5.34. The number of nitrogens with zero attached hydrogens (tertiary/aromatic N) is 5. The Hall–Kier alpha value is -6.37. The molecule has 51 heavy (non-hydrogen) atoms. The summed E-state index contributed by atoms with van der Waals surface area (Å²) in [5.41, 5.74) is 7.91. The van der Waals surface area contributed by atoms with Crippen molar-refractivity contribution in [3.8, 4) is 23.0 Å². The lowest BCUT2D eigenvalue weighted by Crippen LogP contribution is -2.13. The zero-order valence-electron chi connectivity index (χ0n) is 27.4. The molecule has 4 aromatic heterocycles. The predicted molar refractivity (Wildman–Crippen MR) is 211 cm³/mol. The summed E-state index contributed by atoms with van der Waals surface area (Å²) in [6.45, 7) is 0. The van der Waals surface area contributed by atoms with Crippen molar-refractivity contribution >= 4 is 71.1 Å². The summed E-state index contributed by atoms with van der Waals surface area (Å²) in [4.78, 5) is 17.1. The van der Waals surface area contributed by atoms with Gasteiger partial charge in [0, 0.05) is 48.3 Å². The lowest BCUT2D eigenvalue weighted by atomic mass is 9.93. The zero-order chi connectivity index (χ0) is 33.5. The van der Waals surface area contributed by atoms with Crippen LogP contribution < -0.4 is 0 Å². The number of hydrogen-bond donors (Lipinski definition) is 0. The molecular weight excluding hydrogens is 643 g/mol. The highest BCUT2D eigenvalue weighted by Crippen LogP contribution is 2.43. The van der Waals surface area contributed by atoms with Gasteiger partial charge in [-0.2, -0.15) is 9.97 Å². The normalized spacial score (nSPS) is 14.3. The van der Waals surface area contributed by atoms with Crippen molar-refractivity contribution in [2.75, 3.05) is 0 Å². The minimum Gasteiger partial charge on any atom is -0.309 e. The first-order valence-electron chi connectivity index (χ1n) is 17.3. The fraction of sp³-hybridized carbons (Fsp3) is 0.0444. The molecule has 0 aliphatic heterocycles. The van der Waals surface area contributed by atoms with Crippen molar-refractivity contribution in [2.45, 2.75) is 12.3 Å². The molecule has 240 valence electrons. The summed E-state index contributed by atoms with van der Waals surface area (Å²) >= 11 is 1.88. The SMILES string of the molecule is C1=CC(c2nc(-c3ccccc3)nc(-n3c4ccccc4c4c3ccc3c5ccccc5n(-c5ccccc5)c34)n2)Cc2sc3ccccc3c21. The van der Waals surface area contributed by atoms with E-state index in [0.717, 1.165) is 39.9 Å². The third-order valence-corrected chi connectivity index (χ3v) is 11.5. The molecule has 0 radical (unpaired) electrons. The van der Waals surface area contributed by atoms with Crippen LogP contribution in [-0.2, 0) is 6.42 Å². The standard InChI is InChI=1S/C45H29N5S/c1-3-13-28(14-4-1)43-46-44(29-23-24-33-32-18-9-12-22-39(32)51-40(33)27-29)48-45(47-43)50-37-21-11-8-19-35(37)41-38(50)26-25-34-31-17-7-10-20-36(31)49(42(34)41)30-15-5-2-6-16-30/h1-26,29H,27H2. The average molecular weight is 672 g/mol. The molecular formula is C45H29N5S. The fourth-order valence-corrected chi connectivity index (χ4v) is 9.29. The second-order valence-corrected chi connectivity index (χ2v) is 14.3. The van der Waals surface area contributed by atoms with Crippen LogP contribution in [0.3, 0.4) is 0 Å². The quantitative estimate of drug-likeness (QED) is 0.187. The van der Waals surface area contributed by atoms with Gasteiger partial charge in [-0.3, -0.25) is 4.57 Å². The van der Waals surface area contributed by atoms with E-state index < -0.39 is 0 Å². The van der Waals surface area contributed by atoms with Crippen LogP contribution >= 0.6 is 11.3 Å². The Bertz CT molecular complexity index is 3000. The van der Waals surface area contributed by atoms with Gasteiger partial charge < -0.3 is 4.57 Å².